The number of nitrogens with zero attached hydrogens (tertiary/aromatic N) is 4. The number of pyridine rings is 1. The molecular formula is C20H25N5O. The van der Waals surface area contributed by atoms with Crippen LogP contribution in [-0.2, 0) is 6.54 Å². The largest absolute Gasteiger partial charge is 0.343 e. The van der Waals surface area contributed by atoms with E-state index in [9.17, 15) is 4.79 Å². The SMILES string of the molecule is CCn1nc(C)c(C(=O)N2CCCC(c3cc4cccnc4[nH]3)C2)c1C. The van der Waals surface area contributed by atoms with Crippen LogP contribution in [0.3, 0.4) is 0 Å². The number of hydrogen-bond donors (Lipinski definition) is 1. The van der Waals surface area contributed by atoms with E-state index in [-0.39, 0.29) is 5.91 Å². The Hall–Kier alpha value is -2.63. The van der Waals surface area contributed by atoms with Gasteiger partial charge in [0.05, 0.1) is 11.3 Å². The molecule has 0 saturated carbocycles. The molecule has 3 aromatic heterocycles. The Morgan fingerprint density at radius 2 is 2.23 bits per heavy atom. The van der Waals surface area contributed by atoms with Crippen molar-refractivity contribution in [1.29, 1.82) is 0 Å². The molecule has 0 aromatic carbocycles. The summed E-state index contributed by atoms with van der Waals surface area (Å²) in [6, 6.07) is 6.19. The molecule has 26 heavy (non-hydrogen) atoms. The Morgan fingerprint density at radius 1 is 1.38 bits per heavy atom. The van der Waals surface area contributed by atoms with Crippen LogP contribution in [0.25, 0.3) is 11.0 Å². The third-order valence-electron chi connectivity index (χ3n) is 5.46. The first-order valence-electron chi connectivity index (χ1n) is 9.35. The van der Waals surface area contributed by atoms with E-state index in [1.54, 1.807) is 6.20 Å². The van der Waals surface area contributed by atoms with Crippen LogP contribution < -0.4 is 0 Å². The lowest BCUT2D eigenvalue weighted by molar-refractivity contribution is 0.0704. The molecule has 1 unspecified atom stereocenters. The van der Waals surface area contributed by atoms with Crippen molar-refractivity contribution in [2.24, 2.45) is 0 Å². The number of fused-ring (bicyclic) bond motifs is 1. The highest BCUT2D eigenvalue weighted by Gasteiger charge is 2.29. The maximum Gasteiger partial charge on any atom is 0.257 e. The van der Waals surface area contributed by atoms with Crippen LogP contribution in [0.4, 0.5) is 0 Å². The molecule has 6 nitrogen and oxygen atoms in total. The van der Waals surface area contributed by atoms with Crippen molar-refractivity contribution < 1.29 is 4.79 Å². The van der Waals surface area contributed by atoms with E-state index in [2.05, 4.69) is 34.1 Å². The van der Waals surface area contributed by atoms with E-state index in [0.717, 1.165) is 60.5 Å². The number of aromatic amines is 1. The van der Waals surface area contributed by atoms with Gasteiger partial charge in [0, 0.05) is 48.5 Å². The summed E-state index contributed by atoms with van der Waals surface area (Å²) in [6.45, 7) is 8.30. The predicted molar refractivity (Wildman–Crippen MR) is 101 cm³/mol. The number of aryl methyl sites for hydroxylation is 2. The van der Waals surface area contributed by atoms with Crippen molar-refractivity contribution in [3.8, 4) is 0 Å². The molecular weight excluding hydrogens is 326 g/mol. The molecule has 0 spiro atoms. The highest BCUT2D eigenvalue weighted by atomic mass is 16.2. The molecule has 1 fully saturated rings. The van der Waals surface area contributed by atoms with Crippen molar-refractivity contribution in [3.05, 3.63) is 47.0 Å². The standard InChI is InChI=1S/C20H25N5O/c1-4-25-14(3)18(13(2)23-25)20(26)24-10-6-8-16(12-24)17-11-15-7-5-9-21-19(15)22-17/h5,7,9,11,16H,4,6,8,10,12H2,1-3H3,(H,21,22). The number of rotatable bonds is 3. The first-order chi connectivity index (χ1) is 12.6. The number of amides is 1. The fourth-order valence-electron chi connectivity index (χ4n) is 4.09. The summed E-state index contributed by atoms with van der Waals surface area (Å²) < 4.78 is 1.91. The fourth-order valence-corrected chi connectivity index (χ4v) is 4.09. The zero-order chi connectivity index (χ0) is 18.3. The van der Waals surface area contributed by atoms with Gasteiger partial charge in [0.2, 0.25) is 0 Å². The van der Waals surface area contributed by atoms with Crippen LogP contribution >= 0.6 is 0 Å². The summed E-state index contributed by atoms with van der Waals surface area (Å²) in [5.41, 5.74) is 4.65. The van der Waals surface area contributed by atoms with Crippen molar-refractivity contribution in [2.45, 2.75) is 46.1 Å². The number of carbonyl (C=O) groups is 1. The quantitative estimate of drug-likeness (QED) is 0.786. The van der Waals surface area contributed by atoms with Gasteiger partial charge in [0.15, 0.2) is 0 Å². The van der Waals surface area contributed by atoms with Crippen LogP contribution in [0.1, 0.15) is 53.1 Å². The summed E-state index contributed by atoms with van der Waals surface area (Å²) in [5, 5.41) is 5.63. The van der Waals surface area contributed by atoms with E-state index in [1.165, 1.54) is 5.69 Å². The second kappa shape index (κ2) is 6.59. The van der Waals surface area contributed by atoms with Gasteiger partial charge in [0.1, 0.15) is 5.65 Å². The van der Waals surface area contributed by atoms with E-state index >= 15 is 0 Å². The van der Waals surface area contributed by atoms with Crippen LogP contribution in [0.15, 0.2) is 24.4 Å². The minimum absolute atomic E-state index is 0.110. The summed E-state index contributed by atoms with van der Waals surface area (Å²) in [6.07, 6.45) is 3.90. The van der Waals surface area contributed by atoms with Crippen LogP contribution in [0.5, 0.6) is 0 Å². The second-order valence-corrected chi connectivity index (χ2v) is 7.12. The molecule has 0 radical (unpaired) electrons. The van der Waals surface area contributed by atoms with Crippen molar-refractivity contribution >= 4 is 16.9 Å². The monoisotopic (exact) mass is 351 g/mol. The molecule has 3 aromatic rings. The number of carbonyl (C=O) groups excluding carboxylic acids is 1. The third-order valence-corrected chi connectivity index (χ3v) is 5.46. The van der Waals surface area contributed by atoms with Crippen molar-refractivity contribution in [2.75, 3.05) is 13.1 Å². The highest BCUT2D eigenvalue weighted by Crippen LogP contribution is 2.29. The summed E-state index contributed by atoms with van der Waals surface area (Å²) in [4.78, 5) is 23.0. The Labute approximate surface area is 153 Å². The number of hydrogen-bond acceptors (Lipinski definition) is 3. The third kappa shape index (κ3) is 2.79. The number of likely N-dealkylation sites (tertiary alicyclic amines) is 1. The van der Waals surface area contributed by atoms with Crippen LogP contribution in [0, 0.1) is 13.8 Å². The number of nitrogens with one attached hydrogen (secondary N) is 1. The average Bonchev–Trinajstić information content (AvgIpc) is 3.22. The first kappa shape index (κ1) is 16.8. The zero-order valence-corrected chi connectivity index (χ0v) is 15.6. The Kier molecular flexibility index (Phi) is 4.26. The summed E-state index contributed by atoms with van der Waals surface area (Å²) >= 11 is 0. The average molecular weight is 351 g/mol. The predicted octanol–water partition coefficient (Wildman–Crippen LogP) is 3.42. The lowest BCUT2D eigenvalue weighted by Gasteiger charge is -2.32. The Morgan fingerprint density at radius 3 is 2.96 bits per heavy atom. The lowest BCUT2D eigenvalue weighted by Crippen LogP contribution is -2.39. The smallest absolute Gasteiger partial charge is 0.257 e. The fraction of sp³-hybridized carbons (Fsp3) is 0.450. The maximum atomic E-state index is 13.2. The van der Waals surface area contributed by atoms with Crippen molar-refractivity contribution in [1.82, 2.24) is 24.6 Å². The molecule has 1 aliphatic rings. The molecule has 136 valence electrons. The van der Waals surface area contributed by atoms with E-state index in [4.69, 9.17) is 0 Å². The molecule has 6 heteroatoms. The zero-order valence-electron chi connectivity index (χ0n) is 15.6. The van der Waals surface area contributed by atoms with Gasteiger partial charge in [0.25, 0.3) is 5.91 Å². The highest BCUT2D eigenvalue weighted by molar-refractivity contribution is 5.96. The second-order valence-electron chi connectivity index (χ2n) is 7.12. The molecule has 4 rings (SSSR count). The number of piperidine rings is 1. The first-order valence-corrected chi connectivity index (χ1v) is 9.35. The van der Waals surface area contributed by atoms with Gasteiger partial charge >= 0.3 is 0 Å². The van der Waals surface area contributed by atoms with E-state index in [1.807, 2.05) is 29.5 Å². The molecule has 1 N–H and O–H groups in total. The molecule has 1 atom stereocenters. The van der Waals surface area contributed by atoms with Gasteiger partial charge < -0.3 is 9.88 Å². The maximum absolute atomic E-state index is 13.2. The van der Waals surface area contributed by atoms with Crippen molar-refractivity contribution in [3.63, 3.8) is 0 Å². The van der Waals surface area contributed by atoms with Gasteiger partial charge in [-0.2, -0.15) is 5.10 Å². The molecule has 1 amide bonds. The van der Waals surface area contributed by atoms with E-state index < -0.39 is 0 Å². The number of aromatic nitrogens is 4. The topological polar surface area (TPSA) is 66.8 Å². The lowest BCUT2D eigenvalue weighted by atomic mass is 9.94. The summed E-state index contributed by atoms with van der Waals surface area (Å²) in [7, 11) is 0. The van der Waals surface area contributed by atoms with Gasteiger partial charge in [-0.1, -0.05) is 0 Å². The Bertz CT molecular complexity index is 921. The van der Waals surface area contributed by atoms with Gasteiger partial charge in [-0.15, -0.1) is 0 Å². The number of H-pyrrole nitrogens is 1. The van der Waals surface area contributed by atoms with Gasteiger partial charge in [-0.25, -0.2) is 4.98 Å². The van der Waals surface area contributed by atoms with E-state index in [0.29, 0.717) is 5.92 Å². The van der Waals surface area contributed by atoms with Gasteiger partial charge in [-0.3, -0.25) is 9.48 Å². The minimum Gasteiger partial charge on any atom is -0.343 e. The minimum atomic E-state index is 0.110. The summed E-state index contributed by atoms with van der Waals surface area (Å²) in [5.74, 6) is 0.433. The van der Waals surface area contributed by atoms with Gasteiger partial charge in [-0.05, 0) is 51.8 Å². The molecule has 0 bridgehead atoms. The van der Waals surface area contributed by atoms with Crippen LogP contribution in [-0.4, -0.2) is 43.6 Å². The molecule has 4 heterocycles. The Balaban J connectivity index is 1.58. The molecule has 0 aliphatic carbocycles. The van der Waals surface area contributed by atoms with Crippen LogP contribution in [0.2, 0.25) is 0 Å². The molecule has 1 aliphatic heterocycles. The molecule has 1 saturated heterocycles. The normalized spacial score (nSPS) is 17.8.